The van der Waals surface area contributed by atoms with Crippen molar-refractivity contribution >= 4 is 35.0 Å². The van der Waals surface area contributed by atoms with Crippen molar-refractivity contribution in [1.82, 2.24) is 9.88 Å². The summed E-state index contributed by atoms with van der Waals surface area (Å²) >= 11 is 12.3. The lowest BCUT2D eigenvalue weighted by Crippen LogP contribution is -2.29. The molecule has 0 unspecified atom stereocenters. The summed E-state index contributed by atoms with van der Waals surface area (Å²) in [6.45, 7) is 0.135. The standard InChI is InChI=1S/C26H16Cl2N2O2/c27-19-10-8-17(9-11-19)23-12-16(14-29-24(23)18-4-3-5-20(28)13-18)15-30-25(31)21-6-1-2-7-22(21)26(30)32/h1-14H,15H2. The van der Waals surface area contributed by atoms with E-state index in [1.54, 1.807) is 30.5 Å². The van der Waals surface area contributed by atoms with Gasteiger partial charge in [0.1, 0.15) is 0 Å². The number of nitrogens with zero attached hydrogens (tertiary/aromatic N) is 2. The van der Waals surface area contributed by atoms with Crippen LogP contribution in [-0.2, 0) is 6.54 Å². The predicted molar refractivity (Wildman–Crippen MR) is 126 cm³/mol. The van der Waals surface area contributed by atoms with E-state index in [1.165, 1.54) is 4.90 Å². The molecule has 0 bridgehead atoms. The Hall–Kier alpha value is -3.47. The highest BCUT2D eigenvalue weighted by atomic mass is 35.5. The van der Waals surface area contributed by atoms with Crippen molar-refractivity contribution in [1.29, 1.82) is 0 Å². The topological polar surface area (TPSA) is 50.3 Å². The molecule has 2 heterocycles. The van der Waals surface area contributed by atoms with E-state index in [4.69, 9.17) is 23.2 Å². The molecule has 1 aliphatic heterocycles. The molecule has 0 atom stereocenters. The van der Waals surface area contributed by atoms with Gasteiger partial charge in [-0.1, -0.05) is 59.6 Å². The van der Waals surface area contributed by atoms with Gasteiger partial charge in [-0.3, -0.25) is 19.5 Å². The molecular formula is C26H16Cl2N2O2. The highest BCUT2D eigenvalue weighted by molar-refractivity contribution is 6.31. The number of amides is 2. The summed E-state index contributed by atoms with van der Waals surface area (Å²) in [6.07, 6.45) is 1.69. The number of pyridine rings is 1. The largest absolute Gasteiger partial charge is 0.270 e. The average Bonchev–Trinajstić information content (AvgIpc) is 3.05. The number of hydrogen-bond acceptors (Lipinski definition) is 3. The lowest BCUT2D eigenvalue weighted by molar-refractivity contribution is 0.0642. The summed E-state index contributed by atoms with van der Waals surface area (Å²) in [4.78, 5) is 31.5. The van der Waals surface area contributed by atoms with E-state index in [0.29, 0.717) is 21.2 Å². The van der Waals surface area contributed by atoms with Crippen LogP contribution in [-0.4, -0.2) is 21.7 Å². The maximum absolute atomic E-state index is 12.8. The van der Waals surface area contributed by atoms with Crippen molar-refractivity contribution in [2.45, 2.75) is 6.54 Å². The van der Waals surface area contributed by atoms with Crippen molar-refractivity contribution in [2.75, 3.05) is 0 Å². The Morgan fingerprint density at radius 1 is 0.688 bits per heavy atom. The Morgan fingerprint density at radius 2 is 1.38 bits per heavy atom. The monoisotopic (exact) mass is 458 g/mol. The van der Waals surface area contributed by atoms with Gasteiger partial charge in [-0.05, 0) is 53.6 Å². The molecule has 0 aliphatic carbocycles. The fourth-order valence-corrected chi connectivity index (χ4v) is 4.19. The Kier molecular flexibility index (Phi) is 5.25. The van der Waals surface area contributed by atoms with Gasteiger partial charge in [-0.2, -0.15) is 0 Å². The van der Waals surface area contributed by atoms with Gasteiger partial charge < -0.3 is 0 Å². The van der Waals surface area contributed by atoms with Crippen molar-refractivity contribution < 1.29 is 9.59 Å². The second kappa shape index (κ2) is 8.23. The first-order valence-electron chi connectivity index (χ1n) is 9.97. The summed E-state index contributed by atoms with van der Waals surface area (Å²) < 4.78 is 0. The highest BCUT2D eigenvalue weighted by Gasteiger charge is 2.35. The molecule has 4 aromatic rings. The molecular weight excluding hydrogens is 443 g/mol. The molecule has 0 spiro atoms. The van der Waals surface area contributed by atoms with Crippen LogP contribution in [0.2, 0.25) is 10.0 Å². The molecule has 0 saturated carbocycles. The summed E-state index contributed by atoms with van der Waals surface area (Å²) in [7, 11) is 0. The van der Waals surface area contributed by atoms with Crippen LogP contribution in [0.3, 0.4) is 0 Å². The summed E-state index contributed by atoms with van der Waals surface area (Å²) in [5.74, 6) is -0.588. The van der Waals surface area contributed by atoms with E-state index >= 15 is 0 Å². The fourth-order valence-electron chi connectivity index (χ4n) is 3.88. The van der Waals surface area contributed by atoms with E-state index in [0.717, 1.165) is 27.9 Å². The van der Waals surface area contributed by atoms with E-state index in [9.17, 15) is 9.59 Å². The smallest absolute Gasteiger partial charge is 0.261 e. The number of carbonyl (C=O) groups excluding carboxylic acids is 2. The van der Waals surface area contributed by atoms with Crippen LogP contribution in [0.1, 0.15) is 26.3 Å². The number of aromatic nitrogens is 1. The molecule has 1 aromatic heterocycles. The first-order chi connectivity index (χ1) is 15.5. The number of halogens is 2. The Bertz CT molecular complexity index is 1330. The van der Waals surface area contributed by atoms with Crippen molar-refractivity contribution in [3.63, 3.8) is 0 Å². The molecule has 32 heavy (non-hydrogen) atoms. The molecule has 0 radical (unpaired) electrons. The van der Waals surface area contributed by atoms with E-state index in [1.807, 2.05) is 54.6 Å². The number of rotatable bonds is 4. The molecule has 6 heteroatoms. The molecule has 156 valence electrons. The summed E-state index contributed by atoms with van der Waals surface area (Å²) in [6, 6.07) is 23.8. The minimum Gasteiger partial charge on any atom is -0.270 e. The zero-order valence-electron chi connectivity index (χ0n) is 16.8. The third-order valence-corrected chi connectivity index (χ3v) is 5.90. The van der Waals surface area contributed by atoms with Crippen LogP contribution >= 0.6 is 23.2 Å². The van der Waals surface area contributed by atoms with E-state index in [2.05, 4.69) is 4.98 Å². The maximum atomic E-state index is 12.8. The average molecular weight is 459 g/mol. The highest BCUT2D eigenvalue weighted by Crippen LogP contribution is 2.34. The second-order valence-corrected chi connectivity index (χ2v) is 8.37. The van der Waals surface area contributed by atoms with Crippen molar-refractivity contribution in [3.8, 4) is 22.4 Å². The van der Waals surface area contributed by atoms with Crippen LogP contribution in [0, 0.1) is 0 Å². The third kappa shape index (κ3) is 3.68. The van der Waals surface area contributed by atoms with Gasteiger partial charge in [-0.15, -0.1) is 0 Å². The molecule has 1 aliphatic rings. The SMILES string of the molecule is O=C1c2ccccc2C(=O)N1Cc1cnc(-c2cccc(Cl)c2)c(-c2ccc(Cl)cc2)c1. The van der Waals surface area contributed by atoms with Crippen molar-refractivity contribution in [2.24, 2.45) is 0 Å². The third-order valence-electron chi connectivity index (χ3n) is 5.42. The van der Waals surface area contributed by atoms with E-state index in [-0.39, 0.29) is 18.4 Å². The molecule has 0 fully saturated rings. The summed E-state index contributed by atoms with van der Waals surface area (Å²) in [5, 5.41) is 1.25. The second-order valence-electron chi connectivity index (χ2n) is 7.50. The zero-order chi connectivity index (χ0) is 22.2. The van der Waals surface area contributed by atoms with Gasteiger partial charge in [0.2, 0.25) is 0 Å². The molecule has 2 amide bonds. The lowest BCUT2D eigenvalue weighted by Gasteiger charge is -2.16. The maximum Gasteiger partial charge on any atom is 0.261 e. The molecule has 4 nitrogen and oxygen atoms in total. The van der Waals surface area contributed by atoms with Crippen LogP contribution in [0.15, 0.2) is 85.1 Å². The Morgan fingerprint density at radius 3 is 2.03 bits per heavy atom. The van der Waals surface area contributed by atoms with Gasteiger partial charge in [0.05, 0.1) is 23.4 Å². The number of hydrogen-bond donors (Lipinski definition) is 0. The first-order valence-corrected chi connectivity index (χ1v) is 10.7. The van der Waals surface area contributed by atoms with Gasteiger partial charge in [0.25, 0.3) is 11.8 Å². The van der Waals surface area contributed by atoms with Gasteiger partial charge in [-0.25, -0.2) is 0 Å². The number of carbonyl (C=O) groups is 2. The minimum atomic E-state index is -0.294. The van der Waals surface area contributed by atoms with E-state index < -0.39 is 0 Å². The Balaban J connectivity index is 1.56. The molecule has 0 saturated heterocycles. The lowest BCUT2D eigenvalue weighted by atomic mass is 9.98. The fraction of sp³-hybridized carbons (Fsp3) is 0.0385. The van der Waals surface area contributed by atoms with Crippen LogP contribution in [0.4, 0.5) is 0 Å². The Labute approximate surface area is 195 Å². The molecule has 5 rings (SSSR count). The quantitative estimate of drug-likeness (QED) is 0.327. The predicted octanol–water partition coefficient (Wildman–Crippen LogP) is 6.52. The molecule has 3 aromatic carbocycles. The normalized spacial score (nSPS) is 12.9. The minimum absolute atomic E-state index is 0.135. The van der Waals surface area contributed by atoms with Crippen LogP contribution in [0.5, 0.6) is 0 Å². The van der Waals surface area contributed by atoms with Gasteiger partial charge in [0.15, 0.2) is 0 Å². The van der Waals surface area contributed by atoms with Gasteiger partial charge in [0, 0.05) is 27.4 Å². The summed E-state index contributed by atoms with van der Waals surface area (Å²) in [5.41, 5.74) is 5.00. The van der Waals surface area contributed by atoms with Gasteiger partial charge >= 0.3 is 0 Å². The zero-order valence-corrected chi connectivity index (χ0v) is 18.3. The number of benzene rings is 3. The van der Waals surface area contributed by atoms with Crippen LogP contribution < -0.4 is 0 Å². The number of fused-ring (bicyclic) bond motifs is 1. The van der Waals surface area contributed by atoms with Crippen molar-refractivity contribution in [3.05, 3.63) is 112 Å². The first kappa shape index (κ1) is 20.4. The number of imide groups is 1. The van der Waals surface area contributed by atoms with Crippen LogP contribution in [0.25, 0.3) is 22.4 Å². The molecule has 0 N–H and O–H groups in total.